The number of methoxy groups -OCH3 is 1. The van der Waals surface area contributed by atoms with E-state index >= 15 is 0 Å². The molecule has 2 aromatic carbocycles. The average Bonchev–Trinajstić information content (AvgIpc) is 2.79. The molecule has 0 radical (unpaired) electrons. The molecule has 0 unspecified atom stereocenters. The van der Waals surface area contributed by atoms with Crippen molar-refractivity contribution in [1.29, 1.82) is 0 Å². The largest absolute Gasteiger partial charge is 0.573 e. The summed E-state index contributed by atoms with van der Waals surface area (Å²) >= 11 is 12.8. The van der Waals surface area contributed by atoms with Crippen molar-refractivity contribution in [3.63, 3.8) is 0 Å². The van der Waals surface area contributed by atoms with Crippen molar-refractivity contribution in [2.75, 3.05) is 23.9 Å². The predicted octanol–water partition coefficient (Wildman–Crippen LogP) is 5.31. The molecule has 1 aromatic heterocycles. The maximum Gasteiger partial charge on any atom is 0.573 e. The molecule has 0 aliphatic carbocycles. The van der Waals surface area contributed by atoms with Crippen LogP contribution in [0.25, 0.3) is 0 Å². The molecule has 8 nitrogen and oxygen atoms in total. The molecule has 0 atom stereocenters. The maximum atomic E-state index is 12.8. The molecule has 0 bridgehead atoms. The number of ether oxygens (including phenoxy) is 2. The summed E-state index contributed by atoms with van der Waals surface area (Å²) in [7, 11) is 1.52. The number of carbonyl (C=O) groups excluding carboxylic acids is 2. The first-order chi connectivity index (χ1) is 17.0. The quantitative estimate of drug-likeness (QED) is 0.379. The molecule has 0 saturated carbocycles. The smallest absolute Gasteiger partial charge is 0.406 e. The summed E-state index contributed by atoms with van der Waals surface area (Å²) < 4.78 is 45.9. The number of hydrogen-bond acceptors (Lipinski definition) is 6. The van der Waals surface area contributed by atoms with Gasteiger partial charge in [-0.3, -0.25) is 9.59 Å². The molecule has 0 fully saturated rings. The second kappa shape index (κ2) is 11.5. The molecule has 0 saturated heterocycles. The molecular formula is C23H19Cl2F3N4O4. The predicted molar refractivity (Wildman–Crippen MR) is 129 cm³/mol. The van der Waals surface area contributed by atoms with Gasteiger partial charge in [-0.05, 0) is 54.1 Å². The minimum atomic E-state index is -4.83. The van der Waals surface area contributed by atoms with Gasteiger partial charge in [-0.2, -0.15) is 0 Å². The van der Waals surface area contributed by atoms with Crippen LogP contribution in [0.15, 0.2) is 54.7 Å². The number of alkyl halides is 3. The summed E-state index contributed by atoms with van der Waals surface area (Å²) in [5, 5.41) is 2.94. The molecule has 13 heteroatoms. The van der Waals surface area contributed by atoms with Gasteiger partial charge in [-0.25, -0.2) is 4.98 Å². The first kappa shape index (κ1) is 27.1. The van der Waals surface area contributed by atoms with Crippen molar-refractivity contribution in [3.05, 3.63) is 75.9 Å². The van der Waals surface area contributed by atoms with E-state index in [4.69, 9.17) is 33.7 Å². The van der Waals surface area contributed by atoms with E-state index in [1.807, 2.05) is 0 Å². The van der Waals surface area contributed by atoms with Crippen LogP contribution in [0.4, 0.5) is 30.4 Å². The van der Waals surface area contributed by atoms with Gasteiger partial charge in [-0.1, -0.05) is 23.2 Å². The van der Waals surface area contributed by atoms with E-state index in [-0.39, 0.29) is 46.0 Å². The summed E-state index contributed by atoms with van der Waals surface area (Å²) in [6, 6.07) is 10.5. The number of anilines is 3. The Morgan fingerprint density at radius 2 is 1.78 bits per heavy atom. The number of hydrogen-bond donors (Lipinski definition) is 2. The van der Waals surface area contributed by atoms with Gasteiger partial charge in [0.15, 0.2) is 5.82 Å². The topological polar surface area (TPSA) is 107 Å². The number of benzene rings is 2. The van der Waals surface area contributed by atoms with Crippen LogP contribution in [0.2, 0.25) is 10.0 Å². The Bertz CT molecular complexity index is 1260. The molecule has 3 rings (SSSR count). The van der Waals surface area contributed by atoms with E-state index in [0.29, 0.717) is 5.56 Å². The van der Waals surface area contributed by atoms with Crippen molar-refractivity contribution in [2.24, 2.45) is 5.73 Å². The highest BCUT2D eigenvalue weighted by Gasteiger charge is 2.31. The zero-order valence-corrected chi connectivity index (χ0v) is 20.1. The molecule has 1 heterocycles. The Morgan fingerprint density at radius 3 is 2.36 bits per heavy atom. The van der Waals surface area contributed by atoms with E-state index in [9.17, 15) is 22.8 Å². The van der Waals surface area contributed by atoms with Crippen LogP contribution < -0.4 is 20.7 Å². The third-order valence-corrected chi connectivity index (χ3v) is 5.20. The first-order valence-corrected chi connectivity index (χ1v) is 10.9. The Morgan fingerprint density at radius 1 is 1.08 bits per heavy atom. The highest BCUT2D eigenvalue weighted by Crippen LogP contribution is 2.36. The van der Waals surface area contributed by atoms with E-state index in [2.05, 4.69) is 15.0 Å². The van der Waals surface area contributed by atoms with Crippen LogP contribution in [0.1, 0.15) is 15.9 Å². The zero-order chi connectivity index (χ0) is 26.5. The van der Waals surface area contributed by atoms with Crippen LogP contribution in [0, 0.1) is 0 Å². The van der Waals surface area contributed by atoms with Gasteiger partial charge < -0.3 is 25.4 Å². The van der Waals surface area contributed by atoms with Gasteiger partial charge in [0.25, 0.3) is 5.91 Å². The summed E-state index contributed by atoms with van der Waals surface area (Å²) in [4.78, 5) is 30.3. The van der Waals surface area contributed by atoms with E-state index in [1.165, 1.54) is 48.5 Å². The highest BCUT2D eigenvalue weighted by molar-refractivity contribution is 6.35. The molecule has 3 N–H and O–H groups in total. The third kappa shape index (κ3) is 7.23. The standard InChI is InChI=1S/C23H19Cl2F3N4O4/c1-35-12-13-8-18(25)21(30-10-13)32(11-20(29)33)19-9-14(2-7-17(19)24)22(34)31-15-3-5-16(6-4-15)36-23(26,27)28/h2-10H,11-12H2,1H3,(H2,29,33)(H,31,34). The fourth-order valence-electron chi connectivity index (χ4n) is 3.15. The second-order valence-electron chi connectivity index (χ2n) is 7.33. The minimum absolute atomic E-state index is 0.131. The highest BCUT2D eigenvalue weighted by atomic mass is 35.5. The van der Waals surface area contributed by atoms with Gasteiger partial charge >= 0.3 is 6.36 Å². The molecular weight excluding hydrogens is 524 g/mol. The second-order valence-corrected chi connectivity index (χ2v) is 8.14. The number of amides is 2. The van der Waals surface area contributed by atoms with Crippen LogP contribution >= 0.6 is 23.2 Å². The number of rotatable bonds is 9. The average molecular weight is 543 g/mol. The van der Waals surface area contributed by atoms with Crippen LogP contribution in [0.5, 0.6) is 5.75 Å². The summed E-state index contributed by atoms with van der Waals surface area (Å²) in [6.45, 7) is -0.0790. The zero-order valence-electron chi connectivity index (χ0n) is 18.6. The maximum absolute atomic E-state index is 12.8. The number of primary amides is 1. The van der Waals surface area contributed by atoms with Gasteiger partial charge in [0, 0.05) is 24.6 Å². The van der Waals surface area contributed by atoms with Crippen LogP contribution in [-0.4, -0.2) is 36.8 Å². The molecule has 2 amide bonds. The number of halogens is 5. The monoisotopic (exact) mass is 542 g/mol. The molecule has 36 heavy (non-hydrogen) atoms. The van der Waals surface area contributed by atoms with Crippen molar-refractivity contribution < 1.29 is 32.2 Å². The van der Waals surface area contributed by atoms with Crippen LogP contribution in [-0.2, 0) is 16.1 Å². The SMILES string of the molecule is COCc1cnc(N(CC(N)=O)c2cc(C(=O)Nc3ccc(OC(F)(F)F)cc3)ccc2Cl)c(Cl)c1. The lowest BCUT2D eigenvalue weighted by atomic mass is 10.1. The number of aromatic nitrogens is 1. The Hall–Kier alpha value is -3.54. The molecule has 0 spiro atoms. The molecule has 3 aromatic rings. The number of nitrogens with zero attached hydrogens (tertiary/aromatic N) is 2. The summed E-state index contributed by atoms with van der Waals surface area (Å²) in [5.41, 5.74) is 6.69. The van der Waals surface area contributed by atoms with Crippen molar-refractivity contribution in [2.45, 2.75) is 13.0 Å². The lowest BCUT2D eigenvalue weighted by Gasteiger charge is -2.25. The number of pyridine rings is 1. The van der Waals surface area contributed by atoms with Crippen molar-refractivity contribution >= 4 is 52.2 Å². The van der Waals surface area contributed by atoms with E-state index in [1.54, 1.807) is 6.07 Å². The lowest BCUT2D eigenvalue weighted by molar-refractivity contribution is -0.274. The number of carbonyl (C=O) groups is 2. The first-order valence-electron chi connectivity index (χ1n) is 10.1. The number of nitrogens with two attached hydrogens (primary N) is 1. The fourth-order valence-corrected chi connectivity index (χ4v) is 3.66. The van der Waals surface area contributed by atoms with Crippen LogP contribution in [0.3, 0.4) is 0 Å². The van der Waals surface area contributed by atoms with Gasteiger partial charge in [0.1, 0.15) is 12.3 Å². The molecule has 0 aliphatic heterocycles. The fraction of sp³-hybridized carbons (Fsp3) is 0.174. The van der Waals surface area contributed by atoms with Gasteiger partial charge in [0.05, 0.1) is 22.3 Å². The van der Waals surface area contributed by atoms with Gasteiger partial charge in [0.2, 0.25) is 5.91 Å². The minimum Gasteiger partial charge on any atom is -0.406 e. The van der Waals surface area contributed by atoms with E-state index < -0.39 is 23.9 Å². The number of nitrogens with one attached hydrogen (secondary N) is 1. The summed E-state index contributed by atoms with van der Waals surface area (Å²) in [6.07, 6.45) is -3.32. The lowest BCUT2D eigenvalue weighted by Crippen LogP contribution is -2.31. The van der Waals surface area contributed by atoms with Crippen molar-refractivity contribution in [1.82, 2.24) is 4.98 Å². The molecule has 0 aliphatic rings. The van der Waals surface area contributed by atoms with Crippen molar-refractivity contribution in [3.8, 4) is 5.75 Å². The third-order valence-electron chi connectivity index (χ3n) is 4.60. The Balaban J connectivity index is 1.89. The Kier molecular flexibility index (Phi) is 8.62. The molecule has 190 valence electrons. The summed E-state index contributed by atoms with van der Waals surface area (Å²) in [5.74, 6) is -1.56. The van der Waals surface area contributed by atoms with E-state index in [0.717, 1.165) is 12.1 Å². The van der Waals surface area contributed by atoms with Gasteiger partial charge in [-0.15, -0.1) is 13.2 Å². The Labute approximate surface area is 213 Å². The normalized spacial score (nSPS) is 11.2.